The molecular weight excluding hydrogens is 387 g/mol. The third-order valence-electron chi connectivity index (χ3n) is 3.99. The zero-order valence-electron chi connectivity index (χ0n) is 14.5. The Kier molecular flexibility index (Phi) is 6.50. The van der Waals surface area contributed by atoms with Crippen LogP contribution in [-0.2, 0) is 13.0 Å². The van der Waals surface area contributed by atoms with Gasteiger partial charge in [-0.2, -0.15) is 5.10 Å². The second-order valence-electron chi connectivity index (χ2n) is 5.65. The summed E-state index contributed by atoms with van der Waals surface area (Å²) in [6.45, 7) is 4.23. The third-order valence-corrected chi connectivity index (χ3v) is 4.90. The van der Waals surface area contributed by atoms with Crippen molar-refractivity contribution in [2.75, 3.05) is 7.05 Å². The van der Waals surface area contributed by atoms with Crippen LogP contribution in [0.15, 0.2) is 34.6 Å². The second kappa shape index (κ2) is 8.40. The lowest BCUT2D eigenvalue weighted by molar-refractivity contribution is 0.199. The maximum Gasteiger partial charge on any atom is 0.123 e. The molecule has 0 saturated carbocycles. The molecule has 0 bridgehead atoms. The van der Waals surface area contributed by atoms with Gasteiger partial charge in [0.25, 0.3) is 0 Å². The number of hydrogen-bond acceptors (Lipinski definition) is 4. The van der Waals surface area contributed by atoms with Crippen LogP contribution in [0.2, 0.25) is 0 Å². The van der Waals surface area contributed by atoms with Crippen LogP contribution in [-0.4, -0.2) is 28.1 Å². The van der Waals surface area contributed by atoms with E-state index in [0.29, 0.717) is 18.5 Å². The van der Waals surface area contributed by atoms with Crippen LogP contribution in [0.4, 0.5) is 4.39 Å². The van der Waals surface area contributed by atoms with Gasteiger partial charge in [-0.3, -0.25) is 4.68 Å². The summed E-state index contributed by atoms with van der Waals surface area (Å²) in [5.41, 5.74) is 3.76. The predicted molar refractivity (Wildman–Crippen MR) is 101 cm³/mol. The largest absolute Gasteiger partial charge is 0.389 e. The number of allylic oxidation sites excluding steroid dienone is 1. The summed E-state index contributed by atoms with van der Waals surface area (Å²) in [4.78, 5) is 0. The molecule has 2 aromatic rings. The van der Waals surface area contributed by atoms with E-state index in [0.717, 1.165) is 27.0 Å². The summed E-state index contributed by atoms with van der Waals surface area (Å²) in [6.07, 6.45) is 2.72. The highest BCUT2D eigenvalue weighted by Gasteiger charge is 2.19. The molecule has 0 radical (unpaired) electrons. The zero-order chi connectivity index (χ0) is 18.6. The lowest BCUT2D eigenvalue weighted by atomic mass is 9.96. The maximum atomic E-state index is 13.7. The molecule has 0 aliphatic rings. The van der Waals surface area contributed by atoms with E-state index in [4.69, 9.17) is 5.41 Å². The first-order valence-corrected chi connectivity index (χ1v) is 8.81. The van der Waals surface area contributed by atoms with Crippen LogP contribution in [0.25, 0.3) is 11.3 Å². The van der Waals surface area contributed by atoms with Crippen molar-refractivity contribution in [3.63, 3.8) is 0 Å². The number of benzene rings is 1. The lowest BCUT2D eigenvalue weighted by Gasteiger charge is -2.16. The van der Waals surface area contributed by atoms with Gasteiger partial charge in [-0.25, -0.2) is 4.39 Å². The SMILES string of the molecule is CCn1ncc(C/C(C=N)=C(\Br)NC)c1-c1ccc(F)cc1C(C)O. The van der Waals surface area contributed by atoms with E-state index in [-0.39, 0.29) is 5.82 Å². The molecule has 7 heteroatoms. The first-order valence-electron chi connectivity index (χ1n) is 8.02. The van der Waals surface area contributed by atoms with Crippen molar-refractivity contribution in [3.05, 3.63) is 51.5 Å². The Balaban J connectivity index is 2.63. The van der Waals surface area contributed by atoms with E-state index >= 15 is 0 Å². The highest BCUT2D eigenvalue weighted by molar-refractivity contribution is 9.11. The highest BCUT2D eigenvalue weighted by atomic mass is 79.9. The molecular formula is C18H22BrFN4O. The summed E-state index contributed by atoms with van der Waals surface area (Å²) in [5.74, 6) is -0.387. The van der Waals surface area contributed by atoms with Gasteiger partial charge in [0.15, 0.2) is 0 Å². The normalized spacial score (nSPS) is 13.4. The number of nitrogens with one attached hydrogen (secondary N) is 2. The molecule has 1 atom stereocenters. The van der Waals surface area contributed by atoms with Crippen LogP contribution < -0.4 is 5.32 Å². The van der Waals surface area contributed by atoms with E-state index < -0.39 is 6.10 Å². The van der Waals surface area contributed by atoms with E-state index in [1.54, 1.807) is 26.2 Å². The van der Waals surface area contributed by atoms with E-state index in [1.807, 2.05) is 11.6 Å². The molecule has 0 aliphatic heterocycles. The second-order valence-corrected chi connectivity index (χ2v) is 6.45. The van der Waals surface area contributed by atoms with E-state index in [1.165, 1.54) is 18.3 Å². The molecule has 1 aromatic carbocycles. The van der Waals surface area contributed by atoms with Gasteiger partial charge in [0.1, 0.15) is 5.82 Å². The Morgan fingerprint density at radius 1 is 1.52 bits per heavy atom. The van der Waals surface area contributed by atoms with Crippen LogP contribution in [0.5, 0.6) is 0 Å². The average Bonchev–Trinajstić information content (AvgIpc) is 3.01. The summed E-state index contributed by atoms with van der Waals surface area (Å²) in [7, 11) is 1.77. The fraction of sp³-hybridized carbons (Fsp3) is 0.333. The van der Waals surface area contributed by atoms with Crippen molar-refractivity contribution in [1.29, 1.82) is 5.41 Å². The van der Waals surface area contributed by atoms with Gasteiger partial charge >= 0.3 is 0 Å². The number of halogens is 2. The first kappa shape index (κ1) is 19.3. The minimum Gasteiger partial charge on any atom is -0.389 e. The number of nitrogens with zero attached hydrogens (tertiary/aromatic N) is 2. The molecule has 0 aliphatic carbocycles. The molecule has 2 rings (SSSR count). The smallest absolute Gasteiger partial charge is 0.123 e. The molecule has 3 N–H and O–H groups in total. The Morgan fingerprint density at radius 2 is 2.24 bits per heavy atom. The Morgan fingerprint density at radius 3 is 2.80 bits per heavy atom. The van der Waals surface area contributed by atoms with Crippen molar-refractivity contribution < 1.29 is 9.50 Å². The van der Waals surface area contributed by atoms with E-state index in [9.17, 15) is 9.50 Å². The van der Waals surface area contributed by atoms with Gasteiger partial charge in [-0.1, -0.05) is 0 Å². The van der Waals surface area contributed by atoms with Crippen LogP contribution >= 0.6 is 15.9 Å². The van der Waals surface area contributed by atoms with Crippen molar-refractivity contribution >= 4 is 22.1 Å². The molecule has 0 spiro atoms. The van der Waals surface area contributed by atoms with Crippen LogP contribution in [0.1, 0.15) is 31.1 Å². The molecule has 0 fully saturated rings. The molecule has 134 valence electrons. The molecule has 25 heavy (non-hydrogen) atoms. The molecule has 1 unspecified atom stereocenters. The minimum atomic E-state index is -0.805. The Bertz CT molecular complexity index is 798. The van der Waals surface area contributed by atoms with Crippen molar-refractivity contribution in [1.82, 2.24) is 15.1 Å². The van der Waals surface area contributed by atoms with Crippen LogP contribution in [0, 0.1) is 11.2 Å². The summed E-state index contributed by atoms with van der Waals surface area (Å²) >= 11 is 3.41. The van der Waals surface area contributed by atoms with Gasteiger partial charge in [0, 0.05) is 42.9 Å². The van der Waals surface area contributed by atoms with Crippen molar-refractivity contribution in [3.8, 4) is 11.3 Å². The van der Waals surface area contributed by atoms with Crippen LogP contribution in [0.3, 0.4) is 0 Å². The van der Waals surface area contributed by atoms with E-state index in [2.05, 4.69) is 26.3 Å². The summed E-state index contributed by atoms with van der Waals surface area (Å²) < 4.78 is 16.2. The molecule has 5 nitrogen and oxygen atoms in total. The Hall–Kier alpha value is -1.99. The summed E-state index contributed by atoms with van der Waals surface area (Å²) in [6, 6.07) is 4.41. The van der Waals surface area contributed by atoms with Gasteiger partial charge in [-0.15, -0.1) is 0 Å². The molecule has 1 heterocycles. The third kappa shape index (κ3) is 4.16. The fourth-order valence-electron chi connectivity index (χ4n) is 2.76. The van der Waals surface area contributed by atoms with Gasteiger partial charge in [0.05, 0.1) is 22.6 Å². The number of aryl methyl sites for hydroxylation is 1. The zero-order valence-corrected chi connectivity index (χ0v) is 16.1. The topological polar surface area (TPSA) is 73.9 Å². The van der Waals surface area contributed by atoms with Gasteiger partial charge in [0.2, 0.25) is 0 Å². The predicted octanol–water partition coefficient (Wildman–Crippen LogP) is 3.78. The Labute approximate surface area is 155 Å². The molecule has 0 saturated heterocycles. The first-order chi connectivity index (χ1) is 11.9. The average molecular weight is 409 g/mol. The quantitative estimate of drug-likeness (QED) is 0.481. The fourth-order valence-corrected chi connectivity index (χ4v) is 3.01. The lowest BCUT2D eigenvalue weighted by Crippen LogP contribution is -2.08. The number of aliphatic hydroxyl groups excluding tert-OH is 1. The molecule has 1 aromatic heterocycles. The van der Waals surface area contributed by atoms with Crippen molar-refractivity contribution in [2.45, 2.75) is 32.9 Å². The van der Waals surface area contributed by atoms with Gasteiger partial charge in [-0.05, 0) is 53.5 Å². The highest BCUT2D eigenvalue weighted by Crippen LogP contribution is 2.33. The standard InChI is InChI=1S/C18H22BrFN4O/c1-4-24-17(15-6-5-14(20)8-16(15)11(2)25)13(10-23-24)7-12(9-21)18(19)22-3/h5-6,8-11,21-22,25H,4,7H2,1-3H3/b18-12-,21-9?. The molecule has 0 amide bonds. The minimum absolute atomic E-state index is 0.387. The number of hydrogen-bond donors (Lipinski definition) is 3. The van der Waals surface area contributed by atoms with Crippen molar-refractivity contribution in [2.24, 2.45) is 0 Å². The number of rotatable bonds is 7. The number of aromatic nitrogens is 2. The van der Waals surface area contributed by atoms with Gasteiger partial charge < -0.3 is 15.8 Å². The number of aliphatic hydroxyl groups is 1. The monoisotopic (exact) mass is 408 g/mol. The summed E-state index contributed by atoms with van der Waals surface area (Å²) in [5, 5.41) is 25.1. The maximum absolute atomic E-state index is 13.7.